The molecule has 0 saturated carbocycles. The minimum atomic E-state index is -1.07. The molecule has 1 N–H and O–H groups in total. The van der Waals surface area contributed by atoms with Crippen LogP contribution in [0.5, 0.6) is 5.75 Å². The third-order valence-electron chi connectivity index (χ3n) is 2.56. The van der Waals surface area contributed by atoms with E-state index < -0.39 is 5.97 Å². The molecule has 1 aromatic heterocycles. The van der Waals surface area contributed by atoms with Crippen molar-refractivity contribution in [3.05, 3.63) is 58.4 Å². The van der Waals surface area contributed by atoms with Gasteiger partial charge in [-0.25, -0.2) is 9.78 Å². The maximum atomic E-state index is 11.0. The number of carbonyl (C=O) groups is 1. The fourth-order valence-electron chi connectivity index (χ4n) is 1.62. The minimum absolute atomic E-state index is 0.00808. The first-order chi connectivity index (χ1) is 9.08. The average Bonchev–Trinajstić information content (AvgIpc) is 2.40. The molecule has 0 atom stereocenters. The molecule has 0 aliphatic heterocycles. The predicted octanol–water partition coefficient (Wildman–Crippen LogP) is 3.32. The molecule has 0 radical (unpaired) electrons. The Hall–Kier alpha value is -2.07. The molecule has 0 spiro atoms. The number of aryl methyl sites for hydroxylation is 1. The molecule has 0 unspecified atom stereocenters. The van der Waals surface area contributed by atoms with Crippen LogP contribution in [-0.4, -0.2) is 16.1 Å². The van der Waals surface area contributed by atoms with Crippen molar-refractivity contribution in [2.24, 2.45) is 0 Å². The number of aromatic carboxylic acids is 1. The van der Waals surface area contributed by atoms with E-state index in [1.165, 1.54) is 6.20 Å². The number of hydrogen-bond donors (Lipinski definition) is 1. The van der Waals surface area contributed by atoms with Crippen molar-refractivity contribution in [1.82, 2.24) is 4.98 Å². The van der Waals surface area contributed by atoms with Gasteiger partial charge >= 0.3 is 5.97 Å². The molecule has 0 fully saturated rings. The van der Waals surface area contributed by atoms with Gasteiger partial charge in [-0.05, 0) is 30.7 Å². The van der Waals surface area contributed by atoms with Crippen LogP contribution in [0.3, 0.4) is 0 Å². The van der Waals surface area contributed by atoms with Gasteiger partial charge in [0.15, 0.2) is 5.69 Å². The first kappa shape index (κ1) is 13.4. The number of ether oxygens (including phenoxy) is 1. The third-order valence-corrected chi connectivity index (χ3v) is 2.88. The molecule has 0 saturated heterocycles. The largest absolute Gasteiger partial charge is 0.487 e. The number of carboxylic acids is 1. The monoisotopic (exact) mass is 277 g/mol. The molecule has 1 aromatic carbocycles. The zero-order valence-electron chi connectivity index (χ0n) is 10.3. The molecule has 0 aliphatic rings. The summed E-state index contributed by atoms with van der Waals surface area (Å²) in [6.07, 6.45) is 1.44. The summed E-state index contributed by atoms with van der Waals surface area (Å²) in [6, 6.07) is 8.76. The summed E-state index contributed by atoms with van der Waals surface area (Å²) < 4.78 is 5.56. The van der Waals surface area contributed by atoms with Gasteiger partial charge in [0.1, 0.15) is 12.4 Å². The van der Waals surface area contributed by atoms with E-state index in [0.29, 0.717) is 16.3 Å². The molecule has 5 heteroatoms. The van der Waals surface area contributed by atoms with Gasteiger partial charge < -0.3 is 9.84 Å². The van der Waals surface area contributed by atoms with E-state index >= 15 is 0 Å². The van der Waals surface area contributed by atoms with E-state index in [4.69, 9.17) is 21.4 Å². The van der Waals surface area contributed by atoms with Crippen molar-refractivity contribution in [2.45, 2.75) is 13.5 Å². The van der Waals surface area contributed by atoms with Crippen LogP contribution in [0.25, 0.3) is 0 Å². The van der Waals surface area contributed by atoms with Gasteiger partial charge in [-0.3, -0.25) is 0 Å². The van der Waals surface area contributed by atoms with Crippen LogP contribution in [0.4, 0.5) is 0 Å². The minimum Gasteiger partial charge on any atom is -0.487 e. The fourth-order valence-corrected chi connectivity index (χ4v) is 1.80. The Labute approximate surface area is 115 Å². The summed E-state index contributed by atoms with van der Waals surface area (Å²) in [5, 5.41) is 9.51. The van der Waals surface area contributed by atoms with E-state index in [9.17, 15) is 4.79 Å². The van der Waals surface area contributed by atoms with Gasteiger partial charge in [0.2, 0.25) is 0 Å². The lowest BCUT2D eigenvalue weighted by Gasteiger charge is -2.10. The number of halogens is 1. The Kier molecular flexibility index (Phi) is 4.02. The van der Waals surface area contributed by atoms with Crippen molar-refractivity contribution < 1.29 is 14.6 Å². The Morgan fingerprint density at radius 2 is 2.21 bits per heavy atom. The molecular weight excluding hydrogens is 266 g/mol. The van der Waals surface area contributed by atoms with Gasteiger partial charge in [0, 0.05) is 11.8 Å². The zero-order chi connectivity index (χ0) is 13.8. The van der Waals surface area contributed by atoms with Crippen LogP contribution < -0.4 is 4.74 Å². The summed E-state index contributed by atoms with van der Waals surface area (Å²) in [7, 11) is 0. The Morgan fingerprint density at radius 3 is 2.95 bits per heavy atom. The van der Waals surface area contributed by atoms with E-state index in [1.807, 2.05) is 13.0 Å². The highest BCUT2D eigenvalue weighted by Crippen LogP contribution is 2.26. The van der Waals surface area contributed by atoms with Crippen molar-refractivity contribution in [2.75, 3.05) is 0 Å². The number of nitrogens with zero attached hydrogens (tertiary/aromatic N) is 1. The molecule has 19 heavy (non-hydrogen) atoms. The number of benzene rings is 1. The van der Waals surface area contributed by atoms with Crippen LogP contribution in [-0.2, 0) is 6.61 Å². The standard InChI is InChI=1S/C14H12ClNO3/c1-9-4-5-11(15)12(7-9)19-8-10-3-2-6-16-13(10)14(17)18/h2-7H,8H2,1H3,(H,17,18). The van der Waals surface area contributed by atoms with Crippen molar-refractivity contribution in [1.29, 1.82) is 0 Å². The van der Waals surface area contributed by atoms with Gasteiger partial charge in [-0.2, -0.15) is 0 Å². The predicted molar refractivity (Wildman–Crippen MR) is 71.7 cm³/mol. The van der Waals surface area contributed by atoms with E-state index in [0.717, 1.165) is 5.56 Å². The second-order valence-corrected chi connectivity index (χ2v) is 4.45. The topological polar surface area (TPSA) is 59.4 Å². The average molecular weight is 278 g/mol. The highest BCUT2D eigenvalue weighted by Gasteiger charge is 2.12. The smallest absolute Gasteiger partial charge is 0.354 e. The van der Waals surface area contributed by atoms with E-state index in [2.05, 4.69) is 4.98 Å². The van der Waals surface area contributed by atoms with Gasteiger partial charge in [-0.1, -0.05) is 23.7 Å². The molecular formula is C14H12ClNO3. The Bertz CT molecular complexity index is 613. The second kappa shape index (κ2) is 5.71. The normalized spacial score (nSPS) is 10.2. The maximum absolute atomic E-state index is 11.0. The summed E-state index contributed by atoms with van der Waals surface area (Å²) in [4.78, 5) is 14.8. The molecule has 0 bridgehead atoms. The van der Waals surface area contributed by atoms with Crippen LogP contribution in [0, 0.1) is 6.92 Å². The molecule has 1 heterocycles. The lowest BCUT2D eigenvalue weighted by Crippen LogP contribution is -2.08. The number of aromatic nitrogens is 1. The van der Waals surface area contributed by atoms with Crippen LogP contribution in [0.15, 0.2) is 36.5 Å². The molecule has 98 valence electrons. The first-order valence-corrected chi connectivity index (χ1v) is 6.02. The Balaban J connectivity index is 2.19. The first-order valence-electron chi connectivity index (χ1n) is 5.64. The lowest BCUT2D eigenvalue weighted by molar-refractivity contribution is 0.0687. The van der Waals surface area contributed by atoms with Crippen molar-refractivity contribution in [3.63, 3.8) is 0 Å². The number of rotatable bonds is 4. The molecule has 2 rings (SSSR count). The second-order valence-electron chi connectivity index (χ2n) is 4.04. The van der Waals surface area contributed by atoms with Crippen LogP contribution in [0.1, 0.15) is 21.6 Å². The number of hydrogen-bond acceptors (Lipinski definition) is 3. The third kappa shape index (κ3) is 3.23. The SMILES string of the molecule is Cc1ccc(Cl)c(OCc2cccnc2C(=O)O)c1. The summed E-state index contributed by atoms with van der Waals surface area (Å²) in [5.41, 5.74) is 1.52. The zero-order valence-corrected chi connectivity index (χ0v) is 11.0. The van der Waals surface area contributed by atoms with E-state index in [1.54, 1.807) is 24.3 Å². The van der Waals surface area contributed by atoms with Gasteiger partial charge in [0.25, 0.3) is 0 Å². The number of pyridine rings is 1. The lowest BCUT2D eigenvalue weighted by atomic mass is 10.2. The van der Waals surface area contributed by atoms with Gasteiger partial charge in [0.05, 0.1) is 5.02 Å². The van der Waals surface area contributed by atoms with Gasteiger partial charge in [-0.15, -0.1) is 0 Å². The molecule has 2 aromatic rings. The molecule has 4 nitrogen and oxygen atoms in total. The molecule has 0 aliphatic carbocycles. The highest BCUT2D eigenvalue weighted by atomic mass is 35.5. The van der Waals surface area contributed by atoms with Crippen molar-refractivity contribution in [3.8, 4) is 5.75 Å². The fraction of sp³-hybridized carbons (Fsp3) is 0.143. The van der Waals surface area contributed by atoms with E-state index in [-0.39, 0.29) is 12.3 Å². The van der Waals surface area contributed by atoms with Crippen LogP contribution >= 0.6 is 11.6 Å². The number of carboxylic acid groups (broad SMARTS) is 1. The van der Waals surface area contributed by atoms with Crippen molar-refractivity contribution >= 4 is 17.6 Å². The van der Waals surface area contributed by atoms with Crippen LogP contribution in [0.2, 0.25) is 5.02 Å². The Morgan fingerprint density at radius 1 is 1.42 bits per heavy atom. The quantitative estimate of drug-likeness (QED) is 0.931. The molecule has 0 amide bonds. The summed E-state index contributed by atoms with van der Waals surface area (Å²) in [5.74, 6) is -0.545. The summed E-state index contributed by atoms with van der Waals surface area (Å²) in [6.45, 7) is 2.04. The summed E-state index contributed by atoms with van der Waals surface area (Å²) >= 11 is 6.01. The maximum Gasteiger partial charge on any atom is 0.354 e. The highest BCUT2D eigenvalue weighted by molar-refractivity contribution is 6.32.